The zero-order chi connectivity index (χ0) is 23.9. The summed E-state index contributed by atoms with van der Waals surface area (Å²) in [6, 6.07) is 14.1. The summed E-state index contributed by atoms with van der Waals surface area (Å²) in [6.07, 6.45) is 2.18. The highest BCUT2D eigenvalue weighted by Gasteiger charge is 2.61. The lowest BCUT2D eigenvalue weighted by atomic mass is 9.96. The number of H-pyrrole nitrogens is 1. The molecule has 2 amide bonds. The number of fused-ring (bicyclic) bond motifs is 4. The van der Waals surface area contributed by atoms with Crippen LogP contribution in [0.5, 0.6) is 0 Å². The highest BCUT2D eigenvalue weighted by Crippen LogP contribution is 2.45. The molecule has 0 aliphatic carbocycles. The number of aryl methyl sites for hydroxylation is 1. The standard InChI is InChI=1S/C25H24N4O5/c1-2-14-28-22(31)17-8-3-5-10-19(17)29-21(30)12-13-25(28,29)23(32)34-16-7-15-27-20-11-6-4-9-18(20)26-24(27)33/h2-6,8-11H,1,7,12-16H2,(H,26,33)/t25-/m0/s1. The van der Waals surface area contributed by atoms with E-state index in [9.17, 15) is 19.2 Å². The second-order valence-corrected chi connectivity index (χ2v) is 8.36. The number of hydrogen-bond acceptors (Lipinski definition) is 5. The van der Waals surface area contributed by atoms with Crippen LogP contribution in [0.3, 0.4) is 0 Å². The summed E-state index contributed by atoms with van der Waals surface area (Å²) >= 11 is 0. The van der Waals surface area contributed by atoms with Crippen LogP contribution in [0.2, 0.25) is 0 Å². The largest absolute Gasteiger partial charge is 0.462 e. The summed E-state index contributed by atoms with van der Waals surface area (Å²) in [5, 5.41) is 0. The molecule has 0 bridgehead atoms. The number of nitrogens with one attached hydrogen (secondary N) is 1. The van der Waals surface area contributed by atoms with Crippen molar-refractivity contribution in [2.75, 3.05) is 18.1 Å². The van der Waals surface area contributed by atoms with E-state index in [2.05, 4.69) is 11.6 Å². The molecule has 1 aromatic heterocycles. The maximum Gasteiger partial charge on any atom is 0.353 e. The van der Waals surface area contributed by atoms with Gasteiger partial charge in [0.1, 0.15) is 0 Å². The van der Waals surface area contributed by atoms with Crippen LogP contribution in [-0.2, 0) is 20.9 Å². The van der Waals surface area contributed by atoms with Gasteiger partial charge in [0.2, 0.25) is 11.6 Å². The van der Waals surface area contributed by atoms with E-state index >= 15 is 0 Å². The fraction of sp³-hybridized carbons (Fsp3) is 0.280. The Morgan fingerprint density at radius 2 is 1.88 bits per heavy atom. The van der Waals surface area contributed by atoms with Gasteiger partial charge in [-0.15, -0.1) is 6.58 Å². The first kappa shape index (κ1) is 21.7. The smallest absolute Gasteiger partial charge is 0.353 e. The number of ether oxygens (including phenoxy) is 1. The highest BCUT2D eigenvalue weighted by atomic mass is 16.5. The third-order valence-electron chi connectivity index (χ3n) is 6.45. The molecule has 0 radical (unpaired) electrons. The van der Waals surface area contributed by atoms with E-state index in [1.54, 1.807) is 28.8 Å². The second-order valence-electron chi connectivity index (χ2n) is 8.36. The zero-order valence-corrected chi connectivity index (χ0v) is 18.5. The van der Waals surface area contributed by atoms with Gasteiger partial charge in [-0.1, -0.05) is 30.3 Å². The molecule has 3 aromatic rings. The average Bonchev–Trinajstić information content (AvgIpc) is 3.36. The summed E-state index contributed by atoms with van der Waals surface area (Å²) < 4.78 is 7.23. The quantitative estimate of drug-likeness (QED) is 0.331. The van der Waals surface area contributed by atoms with Crippen LogP contribution >= 0.6 is 0 Å². The van der Waals surface area contributed by atoms with E-state index in [4.69, 9.17) is 4.74 Å². The van der Waals surface area contributed by atoms with Gasteiger partial charge >= 0.3 is 11.7 Å². The van der Waals surface area contributed by atoms with Crippen molar-refractivity contribution in [3.63, 3.8) is 0 Å². The third kappa shape index (κ3) is 3.15. The molecule has 1 fully saturated rings. The maximum atomic E-state index is 13.5. The van der Waals surface area contributed by atoms with Crippen molar-refractivity contribution in [1.29, 1.82) is 0 Å². The fourth-order valence-electron chi connectivity index (χ4n) is 4.96. The Balaban J connectivity index is 1.38. The molecule has 2 aliphatic rings. The molecule has 9 nitrogen and oxygen atoms in total. The number of aromatic nitrogens is 2. The molecular formula is C25H24N4O5. The normalized spacial score (nSPS) is 19.3. The van der Waals surface area contributed by atoms with Crippen LogP contribution in [-0.4, -0.2) is 51.0 Å². The van der Waals surface area contributed by atoms with Crippen molar-refractivity contribution in [1.82, 2.24) is 14.5 Å². The van der Waals surface area contributed by atoms with Crippen molar-refractivity contribution in [3.8, 4) is 0 Å². The number of aromatic amines is 1. The Kier molecular flexibility index (Phi) is 5.31. The number of amides is 2. The minimum Gasteiger partial charge on any atom is -0.462 e. The Morgan fingerprint density at radius 1 is 1.12 bits per heavy atom. The summed E-state index contributed by atoms with van der Waals surface area (Å²) in [5.41, 5.74) is 0.512. The highest BCUT2D eigenvalue weighted by molar-refractivity contribution is 6.15. The van der Waals surface area contributed by atoms with E-state index in [1.165, 1.54) is 15.9 Å². The molecule has 9 heteroatoms. The molecule has 0 unspecified atom stereocenters. The van der Waals surface area contributed by atoms with Gasteiger partial charge in [0.15, 0.2) is 0 Å². The van der Waals surface area contributed by atoms with Crippen LogP contribution in [0.1, 0.15) is 29.6 Å². The van der Waals surface area contributed by atoms with Gasteiger partial charge in [-0.25, -0.2) is 9.59 Å². The molecule has 174 valence electrons. The lowest BCUT2D eigenvalue weighted by molar-refractivity contribution is -0.157. The van der Waals surface area contributed by atoms with Gasteiger partial charge in [0.05, 0.1) is 28.9 Å². The molecule has 1 atom stereocenters. The number of imidazole rings is 1. The molecule has 2 aromatic carbocycles. The number of rotatable bonds is 7. The lowest BCUT2D eigenvalue weighted by Crippen LogP contribution is -2.68. The minimum absolute atomic E-state index is 0.0341. The van der Waals surface area contributed by atoms with Crippen molar-refractivity contribution in [3.05, 3.63) is 77.2 Å². The minimum atomic E-state index is -1.55. The van der Waals surface area contributed by atoms with E-state index in [-0.39, 0.29) is 43.5 Å². The monoisotopic (exact) mass is 460 g/mol. The number of para-hydroxylation sites is 3. The topological polar surface area (TPSA) is 105 Å². The molecule has 2 aliphatic heterocycles. The summed E-state index contributed by atoms with van der Waals surface area (Å²) in [5.74, 6) is -1.24. The molecule has 3 heterocycles. The van der Waals surface area contributed by atoms with Gasteiger partial charge in [0, 0.05) is 25.9 Å². The molecule has 1 N–H and O–H groups in total. The van der Waals surface area contributed by atoms with E-state index < -0.39 is 11.6 Å². The SMILES string of the molecule is C=CCN1C(=O)c2ccccc2N2C(=O)CC[C@]12C(=O)OCCCn1c(=O)[nH]c2ccccc21. The van der Waals surface area contributed by atoms with Gasteiger partial charge in [-0.05, 0) is 30.7 Å². The Bertz CT molecular complexity index is 1370. The van der Waals surface area contributed by atoms with Crippen LogP contribution in [0.4, 0.5) is 5.69 Å². The number of carbonyl (C=O) groups is 3. The molecule has 5 rings (SSSR count). The van der Waals surface area contributed by atoms with E-state index in [0.717, 1.165) is 11.0 Å². The number of anilines is 1. The fourth-order valence-corrected chi connectivity index (χ4v) is 4.96. The zero-order valence-electron chi connectivity index (χ0n) is 18.5. The first-order valence-corrected chi connectivity index (χ1v) is 11.2. The molecule has 1 saturated heterocycles. The number of nitrogens with zero attached hydrogens (tertiary/aromatic N) is 3. The van der Waals surface area contributed by atoms with Crippen LogP contribution < -0.4 is 10.6 Å². The average molecular weight is 460 g/mol. The van der Waals surface area contributed by atoms with Crippen molar-refractivity contribution in [2.45, 2.75) is 31.5 Å². The van der Waals surface area contributed by atoms with Crippen LogP contribution in [0, 0.1) is 0 Å². The molecule has 0 spiro atoms. The second kappa shape index (κ2) is 8.33. The summed E-state index contributed by atoms with van der Waals surface area (Å²) in [4.78, 5) is 57.6. The number of benzene rings is 2. The predicted octanol–water partition coefficient (Wildman–Crippen LogP) is 2.43. The van der Waals surface area contributed by atoms with Gasteiger partial charge in [-0.2, -0.15) is 0 Å². The van der Waals surface area contributed by atoms with Gasteiger partial charge in [0.25, 0.3) is 5.91 Å². The maximum absolute atomic E-state index is 13.5. The Hall–Kier alpha value is -4.14. The predicted molar refractivity (Wildman–Crippen MR) is 125 cm³/mol. The number of esters is 1. The first-order valence-electron chi connectivity index (χ1n) is 11.2. The van der Waals surface area contributed by atoms with Crippen LogP contribution in [0.15, 0.2) is 66.0 Å². The first-order chi connectivity index (χ1) is 16.5. The van der Waals surface area contributed by atoms with Gasteiger partial charge < -0.3 is 14.6 Å². The van der Waals surface area contributed by atoms with Gasteiger partial charge in [-0.3, -0.25) is 19.1 Å². The van der Waals surface area contributed by atoms with Crippen molar-refractivity contribution in [2.24, 2.45) is 0 Å². The lowest BCUT2D eigenvalue weighted by Gasteiger charge is -2.48. The molecule has 0 saturated carbocycles. The Labute approximate surface area is 195 Å². The van der Waals surface area contributed by atoms with Crippen molar-refractivity contribution < 1.29 is 19.1 Å². The summed E-state index contributed by atoms with van der Waals surface area (Å²) in [6.45, 7) is 4.20. The molecule has 34 heavy (non-hydrogen) atoms. The van der Waals surface area contributed by atoms with E-state index in [1.807, 2.05) is 24.3 Å². The number of carbonyl (C=O) groups excluding carboxylic acids is 3. The Morgan fingerprint density at radius 3 is 2.71 bits per heavy atom. The third-order valence-corrected chi connectivity index (χ3v) is 6.45. The van der Waals surface area contributed by atoms with Crippen molar-refractivity contribution >= 4 is 34.5 Å². The summed E-state index contributed by atoms with van der Waals surface area (Å²) in [7, 11) is 0. The molecular weight excluding hydrogens is 436 g/mol. The van der Waals surface area contributed by atoms with Crippen LogP contribution in [0.25, 0.3) is 11.0 Å². The number of hydrogen-bond donors (Lipinski definition) is 1. The van der Waals surface area contributed by atoms with E-state index in [0.29, 0.717) is 24.2 Å².